The van der Waals surface area contributed by atoms with Gasteiger partial charge in [0.1, 0.15) is 11.6 Å². The molecule has 1 aliphatic heterocycles. The van der Waals surface area contributed by atoms with Crippen LogP contribution < -0.4 is 10.6 Å². The van der Waals surface area contributed by atoms with E-state index in [0.29, 0.717) is 0 Å². The van der Waals surface area contributed by atoms with Gasteiger partial charge in [-0.05, 0) is 19.3 Å². The first-order valence-corrected chi connectivity index (χ1v) is 7.14. The van der Waals surface area contributed by atoms with E-state index in [-0.39, 0.29) is 0 Å². The molecule has 0 bridgehead atoms. The van der Waals surface area contributed by atoms with Crippen molar-refractivity contribution < 1.29 is 0 Å². The number of rotatable bonds is 4. The van der Waals surface area contributed by atoms with Gasteiger partial charge in [0.2, 0.25) is 0 Å². The number of fused-ring (bicyclic) bond motifs is 1. The van der Waals surface area contributed by atoms with Crippen LogP contribution in [0.1, 0.15) is 37.3 Å². The summed E-state index contributed by atoms with van der Waals surface area (Å²) < 4.78 is 2.32. The first kappa shape index (κ1) is 13.8. The summed E-state index contributed by atoms with van der Waals surface area (Å²) in [6.45, 7) is 1.99. The van der Waals surface area contributed by atoms with Crippen LogP contribution in [0.2, 0.25) is 0 Å². The molecule has 0 unspecified atom stereocenters. The zero-order valence-corrected chi connectivity index (χ0v) is 11.9. The van der Waals surface area contributed by atoms with E-state index in [4.69, 9.17) is 0 Å². The van der Waals surface area contributed by atoms with Gasteiger partial charge in [-0.2, -0.15) is 0 Å². The van der Waals surface area contributed by atoms with Crippen LogP contribution in [0.15, 0.2) is 4.99 Å². The molecule has 0 amide bonds. The number of hydrogen-bond acceptors (Lipinski definition) is 3. The zero-order valence-electron chi connectivity index (χ0n) is 11.9. The molecule has 19 heavy (non-hydrogen) atoms. The summed E-state index contributed by atoms with van der Waals surface area (Å²) in [7, 11) is 3.64. The second kappa shape index (κ2) is 7.11. The smallest absolute Gasteiger partial charge is 0.190 e. The van der Waals surface area contributed by atoms with Gasteiger partial charge < -0.3 is 15.2 Å². The van der Waals surface area contributed by atoms with Gasteiger partial charge in [-0.1, -0.05) is 6.42 Å². The third-order valence-electron chi connectivity index (χ3n) is 3.52. The van der Waals surface area contributed by atoms with Gasteiger partial charge in [-0.3, -0.25) is 4.99 Å². The lowest BCUT2D eigenvalue weighted by Crippen LogP contribution is -2.35. The Morgan fingerprint density at radius 3 is 3.00 bits per heavy atom. The quantitative estimate of drug-likeness (QED) is 0.478. The molecule has 0 aromatic carbocycles. The third-order valence-corrected chi connectivity index (χ3v) is 3.52. The average Bonchev–Trinajstić information content (AvgIpc) is 2.67. The second-order valence-corrected chi connectivity index (χ2v) is 4.85. The van der Waals surface area contributed by atoms with E-state index in [2.05, 4.69) is 30.4 Å². The molecule has 2 heterocycles. The maximum Gasteiger partial charge on any atom is 0.190 e. The fourth-order valence-electron chi connectivity index (χ4n) is 2.46. The summed E-state index contributed by atoms with van der Waals surface area (Å²) in [5.41, 5.74) is 0. The van der Waals surface area contributed by atoms with E-state index in [1.165, 1.54) is 25.1 Å². The minimum atomic E-state index is 0.833. The normalized spacial score (nSPS) is 15.8. The molecule has 1 aliphatic rings. The largest absolute Gasteiger partial charge is 0.359 e. The summed E-state index contributed by atoms with van der Waals surface area (Å²) in [6, 6.07) is 0. The number of aryl methyl sites for hydroxylation is 2. The maximum atomic E-state index is 4.34. The van der Waals surface area contributed by atoms with Crippen molar-refractivity contribution in [1.29, 1.82) is 0 Å². The topological polar surface area (TPSA) is 67.1 Å². The van der Waals surface area contributed by atoms with Crippen LogP contribution in [0.3, 0.4) is 0 Å². The van der Waals surface area contributed by atoms with E-state index in [1.54, 1.807) is 7.05 Å². The summed E-state index contributed by atoms with van der Waals surface area (Å²) in [5.74, 6) is 3.14. The molecule has 106 valence electrons. The Morgan fingerprint density at radius 1 is 1.32 bits per heavy atom. The molecule has 0 radical (unpaired) electrons. The number of nitrogens with zero attached hydrogens (tertiary/aromatic N) is 4. The van der Waals surface area contributed by atoms with Crippen molar-refractivity contribution in [2.75, 3.05) is 20.6 Å². The van der Waals surface area contributed by atoms with Gasteiger partial charge in [-0.25, -0.2) is 0 Å². The Kier molecular flexibility index (Phi) is 5.18. The highest BCUT2D eigenvalue weighted by Crippen LogP contribution is 2.15. The Balaban J connectivity index is 1.82. The SMILES string of the molecule is CN=C(NC)NCCCc1nnc2n1CCCCC2. The fraction of sp³-hybridized carbons (Fsp3) is 0.769. The zero-order chi connectivity index (χ0) is 13.5. The standard InChI is InChI=1S/C13H24N6/c1-14-13(15-2)16-9-6-8-12-18-17-11-7-4-3-5-10-19(11)12/h3-10H2,1-2H3,(H2,14,15,16). The van der Waals surface area contributed by atoms with Gasteiger partial charge in [0, 0.05) is 40.0 Å². The molecule has 2 rings (SSSR count). The number of hydrogen-bond donors (Lipinski definition) is 2. The molecule has 0 spiro atoms. The van der Waals surface area contributed by atoms with Crippen LogP contribution >= 0.6 is 0 Å². The molecule has 1 aromatic heterocycles. The van der Waals surface area contributed by atoms with Crippen LogP contribution in [-0.2, 0) is 19.4 Å². The van der Waals surface area contributed by atoms with Crippen molar-refractivity contribution >= 4 is 5.96 Å². The second-order valence-electron chi connectivity index (χ2n) is 4.85. The predicted molar refractivity (Wildman–Crippen MR) is 76.3 cm³/mol. The van der Waals surface area contributed by atoms with Crippen LogP contribution in [0.5, 0.6) is 0 Å². The number of nitrogens with one attached hydrogen (secondary N) is 2. The Bertz CT molecular complexity index is 423. The summed E-state index contributed by atoms with van der Waals surface area (Å²) in [4.78, 5) is 4.08. The Morgan fingerprint density at radius 2 is 2.21 bits per heavy atom. The van der Waals surface area contributed by atoms with E-state index < -0.39 is 0 Å². The molecule has 2 N–H and O–H groups in total. The molecule has 0 fully saturated rings. The van der Waals surface area contributed by atoms with Gasteiger partial charge in [0.25, 0.3) is 0 Å². The average molecular weight is 264 g/mol. The van der Waals surface area contributed by atoms with E-state index >= 15 is 0 Å². The van der Waals surface area contributed by atoms with E-state index in [0.717, 1.165) is 44.1 Å². The van der Waals surface area contributed by atoms with Gasteiger partial charge >= 0.3 is 0 Å². The third kappa shape index (κ3) is 3.68. The monoisotopic (exact) mass is 264 g/mol. The molecular weight excluding hydrogens is 240 g/mol. The lowest BCUT2D eigenvalue weighted by atomic mass is 10.2. The van der Waals surface area contributed by atoms with Gasteiger partial charge in [0.15, 0.2) is 5.96 Å². The van der Waals surface area contributed by atoms with Crippen molar-refractivity contribution in [3.05, 3.63) is 11.6 Å². The highest BCUT2D eigenvalue weighted by atomic mass is 15.3. The maximum absolute atomic E-state index is 4.34. The number of aliphatic imine (C=N–C) groups is 1. The van der Waals surface area contributed by atoms with Gasteiger partial charge in [0.05, 0.1) is 0 Å². The molecule has 1 aromatic rings. The Hall–Kier alpha value is -1.59. The fourth-order valence-corrected chi connectivity index (χ4v) is 2.46. The molecule has 6 nitrogen and oxygen atoms in total. The minimum absolute atomic E-state index is 0.833. The molecule has 0 saturated heterocycles. The van der Waals surface area contributed by atoms with Crippen molar-refractivity contribution in [3.63, 3.8) is 0 Å². The Labute approximate surface area is 114 Å². The van der Waals surface area contributed by atoms with E-state index in [9.17, 15) is 0 Å². The molecule has 0 aliphatic carbocycles. The number of aromatic nitrogens is 3. The number of guanidine groups is 1. The summed E-state index contributed by atoms with van der Waals surface area (Å²) in [5, 5.41) is 14.9. The highest BCUT2D eigenvalue weighted by molar-refractivity contribution is 5.79. The molecule has 0 atom stereocenters. The lowest BCUT2D eigenvalue weighted by Gasteiger charge is -2.09. The van der Waals surface area contributed by atoms with Crippen molar-refractivity contribution in [3.8, 4) is 0 Å². The summed E-state index contributed by atoms with van der Waals surface area (Å²) >= 11 is 0. The van der Waals surface area contributed by atoms with Gasteiger partial charge in [-0.15, -0.1) is 10.2 Å². The predicted octanol–water partition coefficient (Wildman–Crippen LogP) is 0.732. The highest BCUT2D eigenvalue weighted by Gasteiger charge is 2.13. The van der Waals surface area contributed by atoms with Crippen LogP contribution in [-0.4, -0.2) is 41.4 Å². The van der Waals surface area contributed by atoms with Crippen molar-refractivity contribution in [2.24, 2.45) is 4.99 Å². The van der Waals surface area contributed by atoms with E-state index in [1.807, 2.05) is 7.05 Å². The summed E-state index contributed by atoms with van der Waals surface area (Å²) in [6.07, 6.45) is 6.90. The molecule has 6 heteroatoms. The van der Waals surface area contributed by atoms with Crippen LogP contribution in [0.4, 0.5) is 0 Å². The molecular formula is C13H24N6. The first-order valence-electron chi connectivity index (χ1n) is 7.14. The first-order chi connectivity index (χ1) is 9.35. The minimum Gasteiger partial charge on any atom is -0.359 e. The van der Waals surface area contributed by atoms with Crippen LogP contribution in [0.25, 0.3) is 0 Å². The van der Waals surface area contributed by atoms with Crippen molar-refractivity contribution in [1.82, 2.24) is 25.4 Å². The van der Waals surface area contributed by atoms with Crippen molar-refractivity contribution in [2.45, 2.75) is 45.1 Å². The van der Waals surface area contributed by atoms with Crippen LogP contribution in [0, 0.1) is 0 Å². The lowest BCUT2D eigenvalue weighted by molar-refractivity contribution is 0.594. The molecule has 0 saturated carbocycles.